The van der Waals surface area contributed by atoms with Gasteiger partial charge in [-0.05, 0) is 50.2 Å². The number of esters is 1. The summed E-state index contributed by atoms with van der Waals surface area (Å²) in [4.78, 5) is 55.0. The molecule has 39 heavy (non-hydrogen) atoms. The maximum absolute atomic E-state index is 12.9. The molecule has 0 bridgehead atoms. The molecule has 1 fully saturated rings. The fraction of sp³-hybridized carbons (Fsp3) is 0.458. The molecule has 1 amide bonds. The predicted molar refractivity (Wildman–Crippen MR) is 131 cm³/mol. The number of allylic oxidation sites excluding steroid dienone is 3. The Morgan fingerprint density at radius 2 is 1.79 bits per heavy atom. The summed E-state index contributed by atoms with van der Waals surface area (Å²) in [6, 6.07) is 0.758. The van der Waals surface area contributed by atoms with E-state index in [4.69, 9.17) is 21.2 Å². The van der Waals surface area contributed by atoms with E-state index in [0.717, 1.165) is 25.3 Å². The average molecular weight is 601 g/mol. The van der Waals surface area contributed by atoms with Gasteiger partial charge in [-0.25, -0.2) is 4.79 Å². The predicted octanol–water partition coefficient (Wildman–Crippen LogP) is -3.36. The number of rotatable bonds is 5. The molecule has 0 spiro atoms. The number of amides is 1. The molecule has 0 aliphatic carbocycles. The first kappa shape index (κ1) is 36.2. The fourth-order valence-electron chi connectivity index (χ4n) is 3.90. The number of aromatic hydroxyl groups is 1. The van der Waals surface area contributed by atoms with E-state index in [9.17, 15) is 29.0 Å². The minimum atomic E-state index is -5.61. The molecule has 1 aromatic carbocycles. The van der Waals surface area contributed by atoms with Crippen LogP contribution in [0.3, 0.4) is 0 Å². The number of benzene rings is 1. The summed E-state index contributed by atoms with van der Waals surface area (Å²) in [6.07, 6.45) is 11.6. The maximum Gasteiger partial charge on any atom is 1.00 e. The number of piperidine rings is 1. The number of hydrogen-bond donors (Lipinski definition) is 1. The Bertz CT molecular complexity index is 1140. The number of cyclic esters (lactones) is 1. The van der Waals surface area contributed by atoms with Gasteiger partial charge in [-0.3, -0.25) is 4.79 Å². The average Bonchev–Trinajstić information content (AvgIpc) is 2.84. The molecule has 2 aliphatic rings. The number of phosphoric ester groups is 1. The molecule has 1 N–H and O–H groups in total. The number of oxime groups is 1. The summed E-state index contributed by atoms with van der Waals surface area (Å²) in [5.41, 5.74) is -0.314. The number of phenols is 1. The molecule has 3 rings (SSSR count). The van der Waals surface area contributed by atoms with Gasteiger partial charge in [0.25, 0.3) is 5.91 Å². The molecule has 2 aliphatic heterocycles. The Morgan fingerprint density at radius 1 is 1.13 bits per heavy atom. The van der Waals surface area contributed by atoms with Crippen LogP contribution in [0.5, 0.6) is 11.5 Å². The van der Waals surface area contributed by atoms with Crippen molar-refractivity contribution < 1.29 is 102 Å². The first-order chi connectivity index (χ1) is 17.7. The largest absolute Gasteiger partial charge is 1.00 e. The van der Waals surface area contributed by atoms with Crippen LogP contribution in [0.1, 0.15) is 54.4 Å². The van der Waals surface area contributed by atoms with Gasteiger partial charge in [-0.15, -0.1) is 0 Å². The number of fused-ring (bicyclic) bond motifs is 1. The number of likely N-dealkylation sites (tertiary alicyclic amines) is 1. The SMILES string of the molecule is O=C1OCC/C=C/CC/C=C/C(=N/OCC(=O)N2CCCCC2)Cc2c(Cl)c(O)cc(OP(=O)([O-])[O-])c21.[Na+].[Na+]. The van der Waals surface area contributed by atoms with Crippen molar-refractivity contribution in [3.8, 4) is 11.5 Å². The van der Waals surface area contributed by atoms with Crippen LogP contribution >= 0.6 is 19.4 Å². The zero-order valence-electron chi connectivity index (χ0n) is 22.1. The van der Waals surface area contributed by atoms with Crippen LogP contribution in [0.2, 0.25) is 5.02 Å². The standard InChI is InChI=1S/C24H30ClN2O9P.2Na/c25-23-18-14-17(26-35-16-21(29)27-11-7-5-8-12-27)10-6-3-1-2-4-9-13-34-24(30)22(18)20(15-19(23)28)36-37(31,32)33;;/h2,4,6,10,15,28H,1,3,5,7-9,11-14,16H2,(H2,31,32,33);;/q;2*+1/p-2/b4-2+,10-6+,26-17-;;. The molecule has 15 heteroatoms. The van der Waals surface area contributed by atoms with E-state index < -0.39 is 30.9 Å². The van der Waals surface area contributed by atoms with Crippen molar-refractivity contribution in [3.05, 3.63) is 46.5 Å². The Kier molecular flexibility index (Phi) is 16.6. The van der Waals surface area contributed by atoms with Crippen LogP contribution in [-0.4, -0.2) is 53.9 Å². The van der Waals surface area contributed by atoms with E-state index in [1.807, 2.05) is 12.2 Å². The third kappa shape index (κ3) is 11.9. The summed E-state index contributed by atoms with van der Waals surface area (Å²) >= 11 is 6.29. The Balaban J connectivity index is 0.00000380. The third-order valence-corrected chi connectivity index (χ3v) is 6.49. The van der Waals surface area contributed by atoms with E-state index >= 15 is 0 Å². The Hall–Kier alpha value is -0.850. The number of nitrogens with zero attached hydrogens (tertiary/aromatic N) is 2. The van der Waals surface area contributed by atoms with Gasteiger partial charge in [0.1, 0.15) is 24.9 Å². The maximum atomic E-state index is 12.9. The van der Waals surface area contributed by atoms with Crippen molar-refractivity contribution >= 4 is 37.0 Å². The van der Waals surface area contributed by atoms with Crippen molar-refractivity contribution in [2.24, 2.45) is 5.16 Å². The van der Waals surface area contributed by atoms with E-state index in [2.05, 4.69) is 9.68 Å². The van der Waals surface area contributed by atoms with Crippen LogP contribution in [0.15, 0.2) is 35.5 Å². The van der Waals surface area contributed by atoms with Crippen LogP contribution in [-0.2, 0) is 25.4 Å². The second kappa shape index (κ2) is 17.9. The van der Waals surface area contributed by atoms with Gasteiger partial charge in [-0.1, -0.05) is 35.0 Å². The van der Waals surface area contributed by atoms with Gasteiger partial charge in [0.2, 0.25) is 0 Å². The second-order valence-corrected chi connectivity index (χ2v) is 9.90. The minimum absolute atomic E-state index is 0. The molecule has 0 unspecified atom stereocenters. The molecule has 1 saturated heterocycles. The molecule has 0 saturated carbocycles. The number of hydrogen-bond acceptors (Lipinski definition) is 10. The van der Waals surface area contributed by atoms with Crippen LogP contribution in [0.4, 0.5) is 0 Å². The number of halogens is 1. The Morgan fingerprint density at radius 3 is 2.49 bits per heavy atom. The van der Waals surface area contributed by atoms with Gasteiger partial charge in [0.15, 0.2) is 6.61 Å². The smallest absolute Gasteiger partial charge is 0.780 e. The molecule has 0 atom stereocenters. The van der Waals surface area contributed by atoms with E-state index in [-0.39, 0.29) is 101 Å². The van der Waals surface area contributed by atoms with Gasteiger partial charge in [-0.2, -0.15) is 0 Å². The monoisotopic (exact) mass is 600 g/mol. The first-order valence-corrected chi connectivity index (χ1v) is 13.7. The second-order valence-electron chi connectivity index (χ2n) is 8.45. The normalized spacial score (nSPS) is 19.3. The quantitative estimate of drug-likeness (QED) is 0.120. The fourth-order valence-corrected chi connectivity index (χ4v) is 4.50. The van der Waals surface area contributed by atoms with Crippen molar-refractivity contribution in [1.82, 2.24) is 4.90 Å². The zero-order chi connectivity index (χ0) is 26.8. The molecular formula is C24H28ClN2Na2O9P. The first-order valence-electron chi connectivity index (χ1n) is 11.9. The molecule has 0 aromatic heterocycles. The molecule has 202 valence electrons. The summed E-state index contributed by atoms with van der Waals surface area (Å²) in [6.45, 7) is 0.982. The number of carbonyl (C=O) groups excluding carboxylic acids is 2. The van der Waals surface area contributed by atoms with Gasteiger partial charge in [0, 0.05) is 25.6 Å². The third-order valence-electron chi connectivity index (χ3n) is 5.65. The number of ether oxygens (including phenoxy) is 1. The summed E-state index contributed by atoms with van der Waals surface area (Å²) in [7, 11) is -5.61. The van der Waals surface area contributed by atoms with Gasteiger partial charge >= 0.3 is 65.1 Å². The molecule has 1 aromatic rings. The molecular weight excluding hydrogens is 573 g/mol. The van der Waals surface area contributed by atoms with Crippen LogP contribution in [0, 0.1) is 0 Å². The number of phenolic OH excluding ortho intramolecular Hbond substituents is 1. The van der Waals surface area contributed by atoms with Crippen molar-refractivity contribution in [2.45, 2.75) is 44.9 Å². The summed E-state index contributed by atoms with van der Waals surface area (Å²) in [5.74, 6) is -2.56. The van der Waals surface area contributed by atoms with Crippen LogP contribution < -0.4 is 73.4 Å². The zero-order valence-corrected chi connectivity index (χ0v) is 27.7. The van der Waals surface area contributed by atoms with Gasteiger partial charge < -0.3 is 38.5 Å². The number of carbonyl (C=O) groups is 2. The topological polar surface area (TPSA) is 161 Å². The molecule has 2 heterocycles. The van der Waals surface area contributed by atoms with E-state index in [1.54, 1.807) is 17.1 Å². The van der Waals surface area contributed by atoms with E-state index in [0.29, 0.717) is 32.4 Å². The van der Waals surface area contributed by atoms with E-state index in [1.165, 1.54) is 0 Å². The van der Waals surface area contributed by atoms with Crippen molar-refractivity contribution in [1.29, 1.82) is 0 Å². The number of phosphoric acid groups is 1. The molecule has 0 radical (unpaired) electrons. The van der Waals surface area contributed by atoms with Gasteiger partial charge in [0.05, 0.1) is 17.3 Å². The molecule has 11 nitrogen and oxygen atoms in total. The summed E-state index contributed by atoms with van der Waals surface area (Å²) in [5, 5.41) is 14.0. The minimum Gasteiger partial charge on any atom is -0.780 e. The van der Waals surface area contributed by atoms with Crippen molar-refractivity contribution in [2.75, 3.05) is 26.3 Å². The Labute approximate surface area is 276 Å². The van der Waals surface area contributed by atoms with Crippen LogP contribution in [0.25, 0.3) is 0 Å². The van der Waals surface area contributed by atoms with Crippen molar-refractivity contribution in [3.63, 3.8) is 0 Å². The summed E-state index contributed by atoms with van der Waals surface area (Å²) < 4.78 is 21.0.